The molecule has 0 atom stereocenters. The van der Waals surface area contributed by atoms with Crippen LogP contribution in [0.1, 0.15) is 0 Å². The number of aromatic nitrogens is 3. The number of nitrogens with zero attached hydrogens (tertiary/aromatic N) is 2. The smallest absolute Gasteiger partial charge is 0.230 e. The molecule has 0 aliphatic carbocycles. The van der Waals surface area contributed by atoms with Crippen LogP contribution in [0.5, 0.6) is 0 Å². The summed E-state index contributed by atoms with van der Waals surface area (Å²) in [5.41, 5.74) is 8.19. The Morgan fingerprint density at radius 2 is 2.17 bits per heavy atom. The minimum absolute atomic E-state index is 0.150. The molecular weight excluding hydrogens is 235 g/mol. The SMILES string of the molecule is Nc1onc(-c2cn[nH]c2)c1-c1cccc(F)c1. The van der Waals surface area contributed by atoms with Crippen LogP contribution in [0.3, 0.4) is 0 Å². The molecule has 0 aliphatic heterocycles. The summed E-state index contributed by atoms with van der Waals surface area (Å²) in [4.78, 5) is 0. The summed E-state index contributed by atoms with van der Waals surface area (Å²) in [7, 11) is 0. The molecule has 6 heteroatoms. The molecule has 2 heterocycles. The minimum atomic E-state index is -0.341. The van der Waals surface area contributed by atoms with Crippen molar-refractivity contribution in [1.82, 2.24) is 15.4 Å². The number of rotatable bonds is 2. The molecule has 0 spiro atoms. The Hall–Kier alpha value is -2.63. The second kappa shape index (κ2) is 3.99. The van der Waals surface area contributed by atoms with Crippen LogP contribution >= 0.6 is 0 Å². The van der Waals surface area contributed by atoms with Crippen LogP contribution in [0.15, 0.2) is 41.2 Å². The second-order valence-corrected chi connectivity index (χ2v) is 3.77. The highest BCUT2D eigenvalue weighted by Crippen LogP contribution is 2.35. The van der Waals surface area contributed by atoms with Crippen LogP contribution in [0.25, 0.3) is 22.4 Å². The Labute approximate surface area is 101 Å². The van der Waals surface area contributed by atoms with Crippen molar-refractivity contribution in [2.75, 3.05) is 5.73 Å². The quantitative estimate of drug-likeness (QED) is 0.725. The third-order valence-electron chi connectivity index (χ3n) is 2.60. The van der Waals surface area contributed by atoms with Crippen LogP contribution in [-0.2, 0) is 0 Å². The first-order chi connectivity index (χ1) is 8.75. The molecule has 2 aromatic heterocycles. The first-order valence-corrected chi connectivity index (χ1v) is 5.26. The summed E-state index contributed by atoms with van der Waals surface area (Å²) in [5, 5.41) is 10.4. The van der Waals surface area contributed by atoms with Gasteiger partial charge in [0.05, 0.1) is 11.8 Å². The minimum Gasteiger partial charge on any atom is -0.367 e. The lowest BCUT2D eigenvalue weighted by molar-refractivity contribution is 0.439. The van der Waals surface area contributed by atoms with E-state index in [4.69, 9.17) is 10.3 Å². The lowest BCUT2D eigenvalue weighted by Gasteiger charge is -2.00. The van der Waals surface area contributed by atoms with Gasteiger partial charge in [-0.2, -0.15) is 5.10 Å². The molecule has 0 saturated heterocycles. The lowest BCUT2D eigenvalue weighted by Crippen LogP contribution is -1.88. The summed E-state index contributed by atoms with van der Waals surface area (Å²) in [6, 6.07) is 6.10. The molecule has 90 valence electrons. The van der Waals surface area contributed by atoms with E-state index >= 15 is 0 Å². The van der Waals surface area contributed by atoms with E-state index in [2.05, 4.69) is 15.4 Å². The van der Waals surface area contributed by atoms with Crippen molar-refractivity contribution in [2.45, 2.75) is 0 Å². The molecule has 1 aromatic carbocycles. The zero-order valence-corrected chi connectivity index (χ0v) is 9.22. The van der Waals surface area contributed by atoms with Crippen LogP contribution in [0, 0.1) is 5.82 Å². The van der Waals surface area contributed by atoms with Gasteiger partial charge in [-0.15, -0.1) is 0 Å². The van der Waals surface area contributed by atoms with Crippen molar-refractivity contribution >= 4 is 5.88 Å². The van der Waals surface area contributed by atoms with Gasteiger partial charge in [0.2, 0.25) is 5.88 Å². The van der Waals surface area contributed by atoms with Crippen LogP contribution < -0.4 is 5.73 Å². The summed E-state index contributed by atoms with van der Waals surface area (Å²) in [6.07, 6.45) is 3.26. The number of H-pyrrole nitrogens is 1. The first kappa shape index (κ1) is 10.5. The maximum atomic E-state index is 13.3. The van der Waals surface area contributed by atoms with Crippen molar-refractivity contribution in [1.29, 1.82) is 0 Å². The molecule has 0 radical (unpaired) electrons. The molecule has 18 heavy (non-hydrogen) atoms. The van der Waals surface area contributed by atoms with Gasteiger partial charge in [0.25, 0.3) is 0 Å². The van der Waals surface area contributed by atoms with Crippen molar-refractivity contribution in [3.8, 4) is 22.4 Å². The number of nitrogen functional groups attached to an aromatic ring is 1. The highest BCUT2D eigenvalue weighted by Gasteiger charge is 2.18. The van der Waals surface area contributed by atoms with E-state index in [0.717, 1.165) is 5.56 Å². The topological polar surface area (TPSA) is 80.7 Å². The van der Waals surface area contributed by atoms with Crippen molar-refractivity contribution in [3.63, 3.8) is 0 Å². The van der Waals surface area contributed by atoms with Crippen molar-refractivity contribution < 1.29 is 8.91 Å². The van der Waals surface area contributed by atoms with E-state index in [1.54, 1.807) is 24.5 Å². The summed E-state index contributed by atoms with van der Waals surface area (Å²) in [6.45, 7) is 0. The average molecular weight is 244 g/mol. The van der Waals surface area contributed by atoms with Gasteiger partial charge < -0.3 is 10.3 Å². The molecular formula is C12H9FN4O. The van der Waals surface area contributed by atoms with Gasteiger partial charge >= 0.3 is 0 Å². The van der Waals surface area contributed by atoms with E-state index in [9.17, 15) is 4.39 Å². The van der Waals surface area contributed by atoms with Gasteiger partial charge in [-0.25, -0.2) is 4.39 Å². The third kappa shape index (κ3) is 1.64. The van der Waals surface area contributed by atoms with Gasteiger partial charge in [-0.3, -0.25) is 5.10 Å². The van der Waals surface area contributed by atoms with Gasteiger partial charge in [0.1, 0.15) is 11.5 Å². The molecule has 3 aromatic rings. The van der Waals surface area contributed by atoms with Crippen LogP contribution in [0.2, 0.25) is 0 Å². The zero-order chi connectivity index (χ0) is 12.5. The maximum Gasteiger partial charge on any atom is 0.230 e. The molecule has 3 N–H and O–H groups in total. The molecule has 0 amide bonds. The number of nitrogens with two attached hydrogens (primary N) is 1. The van der Waals surface area contributed by atoms with Crippen LogP contribution in [-0.4, -0.2) is 15.4 Å². The fraction of sp³-hybridized carbons (Fsp3) is 0. The number of benzene rings is 1. The lowest BCUT2D eigenvalue weighted by atomic mass is 10.0. The van der Waals surface area contributed by atoms with Gasteiger partial charge in [0, 0.05) is 11.8 Å². The van der Waals surface area contributed by atoms with E-state index < -0.39 is 0 Å². The molecule has 3 rings (SSSR count). The third-order valence-corrected chi connectivity index (χ3v) is 2.60. The van der Waals surface area contributed by atoms with Crippen molar-refractivity contribution in [2.24, 2.45) is 0 Å². The molecule has 0 fully saturated rings. The molecule has 0 unspecified atom stereocenters. The number of hydrogen-bond donors (Lipinski definition) is 2. The van der Waals surface area contributed by atoms with Gasteiger partial charge in [0.15, 0.2) is 0 Å². The Balaban J connectivity index is 2.20. The van der Waals surface area contributed by atoms with E-state index in [1.165, 1.54) is 12.1 Å². The van der Waals surface area contributed by atoms with Crippen LogP contribution in [0.4, 0.5) is 10.3 Å². The monoisotopic (exact) mass is 244 g/mol. The van der Waals surface area contributed by atoms with E-state index in [1.807, 2.05) is 0 Å². The molecule has 0 bridgehead atoms. The highest BCUT2D eigenvalue weighted by atomic mass is 19.1. The number of anilines is 1. The Bertz CT molecular complexity index is 675. The maximum absolute atomic E-state index is 13.3. The van der Waals surface area contributed by atoms with Gasteiger partial charge in [-0.1, -0.05) is 17.3 Å². The Morgan fingerprint density at radius 3 is 2.89 bits per heavy atom. The van der Waals surface area contributed by atoms with E-state index in [-0.39, 0.29) is 11.7 Å². The summed E-state index contributed by atoms with van der Waals surface area (Å²) < 4.78 is 18.2. The zero-order valence-electron chi connectivity index (χ0n) is 9.22. The number of nitrogens with one attached hydrogen (secondary N) is 1. The fourth-order valence-corrected chi connectivity index (χ4v) is 1.80. The van der Waals surface area contributed by atoms with E-state index in [0.29, 0.717) is 16.8 Å². The average Bonchev–Trinajstić information content (AvgIpc) is 2.97. The Morgan fingerprint density at radius 1 is 1.28 bits per heavy atom. The summed E-state index contributed by atoms with van der Waals surface area (Å²) >= 11 is 0. The normalized spacial score (nSPS) is 10.7. The standard InChI is InChI=1S/C12H9FN4O/c13-9-3-1-2-7(4-9)10-11(17-18-12(10)14)8-5-15-16-6-8/h1-6H,14H2,(H,15,16). The largest absolute Gasteiger partial charge is 0.367 e. The Kier molecular flexibility index (Phi) is 2.33. The molecule has 0 saturated carbocycles. The van der Waals surface area contributed by atoms with Gasteiger partial charge in [-0.05, 0) is 17.7 Å². The molecule has 5 nitrogen and oxygen atoms in total. The molecule has 0 aliphatic rings. The number of halogens is 1. The predicted octanol–water partition coefficient (Wildman–Crippen LogP) is 2.45. The number of aromatic amines is 1. The predicted molar refractivity (Wildman–Crippen MR) is 63.9 cm³/mol. The fourth-order valence-electron chi connectivity index (χ4n) is 1.80. The summed E-state index contributed by atoms with van der Waals surface area (Å²) in [5.74, 6) is -0.192. The number of hydrogen-bond acceptors (Lipinski definition) is 4. The highest BCUT2D eigenvalue weighted by molar-refractivity contribution is 5.86. The first-order valence-electron chi connectivity index (χ1n) is 5.26. The second-order valence-electron chi connectivity index (χ2n) is 3.77. The van der Waals surface area contributed by atoms with Crippen molar-refractivity contribution in [3.05, 3.63) is 42.5 Å².